The predicted octanol–water partition coefficient (Wildman–Crippen LogP) is 2.71. The van der Waals surface area contributed by atoms with Crippen LogP contribution < -0.4 is 0 Å². The van der Waals surface area contributed by atoms with E-state index < -0.39 is 40.0 Å². The van der Waals surface area contributed by atoms with Crippen molar-refractivity contribution in [2.75, 3.05) is 0 Å². The summed E-state index contributed by atoms with van der Waals surface area (Å²) < 4.78 is 0. The number of hydrogen-bond donors (Lipinski definition) is 2. The third kappa shape index (κ3) is 2.30. The van der Waals surface area contributed by atoms with E-state index in [2.05, 4.69) is 6.58 Å². The molecule has 0 heterocycles. The molecule has 0 unspecified atom stereocenters. The Kier molecular flexibility index (Phi) is 4.17. The summed E-state index contributed by atoms with van der Waals surface area (Å²) in [6.07, 6.45) is 3.18. The van der Waals surface area contributed by atoms with Crippen LogP contribution in [0.5, 0.6) is 0 Å². The van der Waals surface area contributed by atoms with E-state index in [9.17, 15) is 29.4 Å². The molecule has 3 aliphatic carbocycles. The number of hydrogen-bond acceptors (Lipinski definition) is 4. The Labute approximate surface area is 152 Å². The van der Waals surface area contributed by atoms with Crippen molar-refractivity contribution in [3.05, 3.63) is 12.2 Å². The first-order valence-corrected chi connectivity index (χ1v) is 9.15. The molecule has 0 saturated heterocycles. The first-order chi connectivity index (χ1) is 12.0. The lowest BCUT2D eigenvalue weighted by Crippen LogP contribution is -2.60. The summed E-state index contributed by atoms with van der Waals surface area (Å²) in [6, 6.07) is 0. The SMILES string of the molecule is C=C1C[C@]2(C=O)C[C@H]1CC(=O)[C@H]2[C@]1(C)CCC[C@@](C)(C(=O)O)[C@H]1C(=O)O. The van der Waals surface area contributed by atoms with Gasteiger partial charge in [0.15, 0.2) is 0 Å². The largest absolute Gasteiger partial charge is 0.481 e. The molecule has 26 heavy (non-hydrogen) atoms. The summed E-state index contributed by atoms with van der Waals surface area (Å²) >= 11 is 0. The molecule has 0 spiro atoms. The average Bonchev–Trinajstić information content (AvgIpc) is 2.78. The minimum absolute atomic E-state index is 0.0229. The zero-order valence-electron chi connectivity index (χ0n) is 15.3. The molecule has 0 aromatic rings. The van der Waals surface area contributed by atoms with E-state index in [1.807, 2.05) is 0 Å². The van der Waals surface area contributed by atoms with Crippen LogP contribution in [0.2, 0.25) is 0 Å². The highest BCUT2D eigenvalue weighted by atomic mass is 16.4. The van der Waals surface area contributed by atoms with Crippen molar-refractivity contribution < 1.29 is 29.4 Å². The van der Waals surface area contributed by atoms with Gasteiger partial charge < -0.3 is 15.0 Å². The summed E-state index contributed by atoms with van der Waals surface area (Å²) in [6.45, 7) is 7.19. The first kappa shape index (κ1) is 18.8. The Bertz CT molecular complexity index is 711. The van der Waals surface area contributed by atoms with Crippen LogP contribution >= 0.6 is 0 Å². The fourth-order valence-electron chi connectivity index (χ4n) is 6.49. The lowest BCUT2D eigenvalue weighted by Gasteiger charge is -2.55. The standard InChI is InChI=1S/C20H26O6/c1-11-8-20(10-21)9-12(11)7-13(22)14(20)18(2)5-4-6-19(3,17(25)26)15(18)16(23)24/h10,12,14-15H,1,4-9H2,2-3H3,(H,23,24)(H,25,26)/t12-,14+,15+,18+,19-,20-/m1/s1. The number of rotatable bonds is 4. The lowest BCUT2D eigenvalue weighted by molar-refractivity contribution is -0.184. The van der Waals surface area contributed by atoms with Crippen molar-refractivity contribution >= 4 is 24.0 Å². The second kappa shape index (κ2) is 5.76. The summed E-state index contributed by atoms with van der Waals surface area (Å²) in [4.78, 5) is 49.4. The monoisotopic (exact) mass is 362 g/mol. The summed E-state index contributed by atoms with van der Waals surface area (Å²) in [5, 5.41) is 19.7. The van der Waals surface area contributed by atoms with Gasteiger partial charge in [-0.1, -0.05) is 25.5 Å². The normalized spacial score (nSPS) is 45.4. The highest BCUT2D eigenvalue weighted by Crippen LogP contribution is 2.65. The zero-order valence-corrected chi connectivity index (χ0v) is 15.3. The maximum absolute atomic E-state index is 13.1. The van der Waals surface area contributed by atoms with Gasteiger partial charge in [0.25, 0.3) is 0 Å². The van der Waals surface area contributed by atoms with Gasteiger partial charge in [-0.25, -0.2) is 0 Å². The van der Waals surface area contributed by atoms with E-state index in [4.69, 9.17) is 0 Å². The molecule has 0 amide bonds. The number of aldehydes is 1. The molecule has 142 valence electrons. The van der Waals surface area contributed by atoms with Crippen LogP contribution in [0.15, 0.2) is 12.2 Å². The van der Waals surface area contributed by atoms with Gasteiger partial charge in [-0.05, 0) is 43.9 Å². The average molecular weight is 362 g/mol. The van der Waals surface area contributed by atoms with Gasteiger partial charge in [0.2, 0.25) is 0 Å². The van der Waals surface area contributed by atoms with Crippen LogP contribution in [0.25, 0.3) is 0 Å². The minimum Gasteiger partial charge on any atom is -0.481 e. The topological polar surface area (TPSA) is 109 Å². The Morgan fingerprint density at radius 3 is 2.42 bits per heavy atom. The van der Waals surface area contributed by atoms with Crippen LogP contribution in [-0.4, -0.2) is 34.2 Å². The van der Waals surface area contributed by atoms with Crippen LogP contribution in [0.4, 0.5) is 0 Å². The predicted molar refractivity (Wildman–Crippen MR) is 92.3 cm³/mol. The number of Topliss-reactive ketones (excluding diaryl/α,β-unsaturated/α-hetero) is 1. The molecular weight excluding hydrogens is 336 g/mol. The molecule has 2 N–H and O–H groups in total. The van der Waals surface area contributed by atoms with E-state index in [0.29, 0.717) is 25.7 Å². The number of carbonyl (C=O) groups is 4. The number of fused-ring (bicyclic) bond motifs is 2. The molecule has 6 atom stereocenters. The van der Waals surface area contributed by atoms with Gasteiger partial charge in [-0.15, -0.1) is 0 Å². The van der Waals surface area contributed by atoms with Gasteiger partial charge in [0.1, 0.15) is 12.1 Å². The molecule has 0 aliphatic heterocycles. The van der Waals surface area contributed by atoms with Gasteiger partial charge in [0, 0.05) is 17.8 Å². The number of aliphatic carboxylic acids is 2. The van der Waals surface area contributed by atoms with E-state index >= 15 is 0 Å². The molecule has 0 aromatic heterocycles. The van der Waals surface area contributed by atoms with Crippen molar-refractivity contribution in [1.82, 2.24) is 0 Å². The Morgan fingerprint density at radius 2 is 1.88 bits per heavy atom. The second-order valence-corrected chi connectivity index (χ2v) is 9.04. The molecule has 2 bridgehead atoms. The smallest absolute Gasteiger partial charge is 0.310 e. The molecule has 3 saturated carbocycles. The molecule has 0 radical (unpaired) electrons. The highest BCUT2D eigenvalue weighted by Gasteiger charge is 2.67. The third-order valence-corrected chi connectivity index (χ3v) is 7.44. The van der Waals surface area contributed by atoms with Crippen molar-refractivity contribution in [1.29, 1.82) is 0 Å². The Hall–Kier alpha value is -1.98. The fraction of sp³-hybridized carbons (Fsp3) is 0.700. The number of carboxylic acid groups (broad SMARTS) is 2. The fourth-order valence-corrected chi connectivity index (χ4v) is 6.49. The number of ketones is 1. The second-order valence-electron chi connectivity index (χ2n) is 9.04. The minimum atomic E-state index is -1.46. The number of allylic oxidation sites excluding steroid dienone is 1. The van der Waals surface area contributed by atoms with E-state index in [0.717, 1.165) is 11.9 Å². The lowest BCUT2D eigenvalue weighted by atomic mass is 9.46. The maximum atomic E-state index is 13.1. The van der Waals surface area contributed by atoms with Crippen molar-refractivity contribution in [3.8, 4) is 0 Å². The van der Waals surface area contributed by atoms with Crippen LogP contribution in [0, 0.1) is 34.0 Å². The van der Waals surface area contributed by atoms with E-state index in [1.165, 1.54) is 6.92 Å². The van der Waals surface area contributed by atoms with E-state index in [-0.39, 0.29) is 24.5 Å². The van der Waals surface area contributed by atoms with Crippen LogP contribution in [0.3, 0.4) is 0 Å². The quantitative estimate of drug-likeness (QED) is 0.588. The molecule has 6 nitrogen and oxygen atoms in total. The molecule has 6 heteroatoms. The third-order valence-electron chi connectivity index (χ3n) is 7.44. The summed E-state index contributed by atoms with van der Waals surface area (Å²) in [7, 11) is 0. The Balaban J connectivity index is 2.16. The van der Waals surface area contributed by atoms with Crippen LogP contribution in [-0.2, 0) is 19.2 Å². The maximum Gasteiger partial charge on any atom is 0.310 e. The Morgan fingerprint density at radius 1 is 1.23 bits per heavy atom. The molecular formula is C20H26O6. The van der Waals surface area contributed by atoms with Crippen molar-refractivity contribution in [3.63, 3.8) is 0 Å². The van der Waals surface area contributed by atoms with Gasteiger partial charge in [-0.2, -0.15) is 0 Å². The highest BCUT2D eigenvalue weighted by molar-refractivity contribution is 5.91. The number of carboxylic acids is 2. The van der Waals surface area contributed by atoms with Gasteiger partial charge in [0.05, 0.1) is 11.3 Å². The molecule has 3 fully saturated rings. The summed E-state index contributed by atoms with van der Waals surface area (Å²) in [5.41, 5.74) is -2.61. The zero-order chi connectivity index (χ0) is 19.5. The molecule has 3 aliphatic rings. The van der Waals surface area contributed by atoms with Crippen LogP contribution in [0.1, 0.15) is 52.4 Å². The van der Waals surface area contributed by atoms with E-state index in [1.54, 1.807) is 6.92 Å². The number of carbonyl (C=O) groups excluding carboxylic acids is 2. The molecule has 0 aromatic carbocycles. The van der Waals surface area contributed by atoms with Gasteiger partial charge >= 0.3 is 11.9 Å². The van der Waals surface area contributed by atoms with Gasteiger partial charge in [-0.3, -0.25) is 14.4 Å². The molecule has 3 rings (SSSR count). The van der Waals surface area contributed by atoms with Crippen molar-refractivity contribution in [2.45, 2.75) is 52.4 Å². The van der Waals surface area contributed by atoms with Crippen molar-refractivity contribution in [2.24, 2.45) is 34.0 Å². The first-order valence-electron chi connectivity index (χ1n) is 9.15. The summed E-state index contributed by atoms with van der Waals surface area (Å²) in [5.74, 6) is -4.50.